The molecular weight excluding hydrogens is 309 g/mol. The first-order chi connectivity index (χ1) is 9.64. The normalized spacial score (nSPS) is 14.3. The number of hydrogen-bond acceptors (Lipinski definition) is 4. The van der Waals surface area contributed by atoms with Crippen LogP contribution in [0.4, 0.5) is 13.2 Å². The van der Waals surface area contributed by atoms with E-state index in [4.69, 9.17) is 0 Å². The summed E-state index contributed by atoms with van der Waals surface area (Å²) in [6, 6.07) is -1.23. The molecule has 10 heteroatoms. The number of halogens is 3. The van der Waals surface area contributed by atoms with Gasteiger partial charge in [-0.3, -0.25) is 4.68 Å². The Bertz CT molecular complexity index is 542. The predicted octanol–water partition coefficient (Wildman–Crippen LogP) is 1.11. The minimum atomic E-state index is -4.42. The quantitative estimate of drug-likeness (QED) is 0.701. The van der Waals surface area contributed by atoms with Gasteiger partial charge in [0.1, 0.15) is 4.90 Å². The van der Waals surface area contributed by atoms with Crippen LogP contribution < -0.4 is 10.0 Å². The summed E-state index contributed by atoms with van der Waals surface area (Å²) in [5, 5.41) is 6.83. The van der Waals surface area contributed by atoms with Crippen LogP contribution in [0.2, 0.25) is 0 Å². The van der Waals surface area contributed by atoms with Gasteiger partial charge in [-0.05, 0) is 26.9 Å². The van der Waals surface area contributed by atoms with Crippen LogP contribution in [0, 0.1) is 0 Å². The Kier molecular flexibility index (Phi) is 6.17. The summed E-state index contributed by atoms with van der Waals surface area (Å²) in [5.74, 6) is 0. The average molecular weight is 328 g/mol. The molecular formula is C11H19F3N4O2S. The van der Waals surface area contributed by atoms with Gasteiger partial charge in [0.25, 0.3) is 0 Å². The van der Waals surface area contributed by atoms with Gasteiger partial charge in [0.2, 0.25) is 10.0 Å². The summed E-state index contributed by atoms with van der Waals surface area (Å²) in [6.45, 7) is 2.44. The molecule has 0 saturated carbocycles. The molecule has 0 amide bonds. The van der Waals surface area contributed by atoms with Gasteiger partial charge in [-0.25, -0.2) is 13.1 Å². The molecule has 0 spiro atoms. The molecule has 2 N–H and O–H groups in total. The monoisotopic (exact) mass is 328 g/mol. The highest BCUT2D eigenvalue weighted by Crippen LogP contribution is 2.22. The van der Waals surface area contributed by atoms with Crippen molar-refractivity contribution < 1.29 is 21.6 Å². The molecule has 0 fully saturated rings. The molecule has 1 rings (SSSR count). The van der Waals surface area contributed by atoms with Gasteiger partial charge in [-0.1, -0.05) is 0 Å². The Balaban J connectivity index is 2.66. The fraction of sp³-hybridized carbons (Fsp3) is 0.727. The summed E-state index contributed by atoms with van der Waals surface area (Å²) in [7, 11) is -2.19. The van der Waals surface area contributed by atoms with Gasteiger partial charge in [-0.15, -0.1) is 0 Å². The van der Waals surface area contributed by atoms with Crippen LogP contribution in [-0.4, -0.2) is 44.0 Å². The van der Waals surface area contributed by atoms with Crippen LogP contribution in [0.3, 0.4) is 0 Å². The van der Waals surface area contributed by atoms with Gasteiger partial charge >= 0.3 is 6.18 Å². The van der Waals surface area contributed by atoms with Crippen LogP contribution >= 0.6 is 0 Å². The second kappa shape index (κ2) is 7.23. The summed E-state index contributed by atoms with van der Waals surface area (Å²) < 4.78 is 63.9. The first kappa shape index (κ1) is 17.9. The SMILES string of the molecule is CNCCCn1cc(S(=O)(=O)NC(C)CC(F)(F)F)cn1. The molecule has 0 aliphatic heterocycles. The van der Waals surface area contributed by atoms with E-state index in [9.17, 15) is 21.6 Å². The molecule has 0 saturated heterocycles. The summed E-state index contributed by atoms with van der Waals surface area (Å²) in [5.41, 5.74) is 0. The van der Waals surface area contributed by atoms with Crippen LogP contribution in [0.1, 0.15) is 19.8 Å². The Labute approximate surface area is 121 Å². The van der Waals surface area contributed by atoms with Crippen molar-refractivity contribution in [1.82, 2.24) is 19.8 Å². The van der Waals surface area contributed by atoms with E-state index in [0.717, 1.165) is 19.2 Å². The lowest BCUT2D eigenvalue weighted by Gasteiger charge is -2.15. The van der Waals surface area contributed by atoms with Crippen molar-refractivity contribution in [3.8, 4) is 0 Å². The fourth-order valence-electron chi connectivity index (χ4n) is 1.75. The maximum absolute atomic E-state index is 12.2. The largest absolute Gasteiger partial charge is 0.390 e. The summed E-state index contributed by atoms with van der Waals surface area (Å²) in [4.78, 5) is -0.138. The molecule has 21 heavy (non-hydrogen) atoms. The van der Waals surface area contributed by atoms with Crippen molar-refractivity contribution in [3.63, 3.8) is 0 Å². The number of alkyl halides is 3. The number of rotatable bonds is 8. The van der Waals surface area contributed by atoms with Crippen molar-refractivity contribution >= 4 is 10.0 Å². The Morgan fingerprint density at radius 3 is 2.67 bits per heavy atom. The van der Waals surface area contributed by atoms with E-state index in [1.54, 1.807) is 7.05 Å². The molecule has 0 aliphatic carbocycles. The van der Waals surface area contributed by atoms with Crippen LogP contribution in [-0.2, 0) is 16.6 Å². The van der Waals surface area contributed by atoms with E-state index >= 15 is 0 Å². The molecule has 1 aromatic heterocycles. The van der Waals surface area contributed by atoms with E-state index < -0.39 is 28.7 Å². The number of nitrogens with zero attached hydrogens (tertiary/aromatic N) is 2. The lowest BCUT2D eigenvalue weighted by molar-refractivity contribution is -0.137. The minimum absolute atomic E-state index is 0.138. The number of nitrogens with one attached hydrogen (secondary N) is 2. The minimum Gasteiger partial charge on any atom is -0.320 e. The van der Waals surface area contributed by atoms with Gasteiger partial charge in [0.05, 0.1) is 12.6 Å². The highest BCUT2D eigenvalue weighted by Gasteiger charge is 2.32. The molecule has 0 radical (unpaired) electrons. The smallest absolute Gasteiger partial charge is 0.320 e. The van der Waals surface area contributed by atoms with Crippen LogP contribution in [0.25, 0.3) is 0 Å². The highest BCUT2D eigenvalue weighted by atomic mass is 32.2. The predicted molar refractivity (Wildman–Crippen MR) is 71.2 cm³/mol. The first-order valence-electron chi connectivity index (χ1n) is 6.40. The summed E-state index contributed by atoms with van der Waals surface area (Å²) in [6.07, 6.45) is -2.45. The van der Waals surface area contributed by atoms with Crippen molar-refractivity contribution in [1.29, 1.82) is 0 Å². The van der Waals surface area contributed by atoms with Crippen molar-refractivity contribution in [3.05, 3.63) is 12.4 Å². The van der Waals surface area contributed by atoms with E-state index in [0.29, 0.717) is 6.54 Å². The number of hydrogen-bond donors (Lipinski definition) is 2. The Hall–Kier alpha value is -1.13. The third-order valence-corrected chi connectivity index (χ3v) is 4.17. The number of aryl methyl sites for hydroxylation is 1. The van der Waals surface area contributed by atoms with Crippen LogP contribution in [0.5, 0.6) is 0 Å². The van der Waals surface area contributed by atoms with Crippen molar-refractivity contribution in [2.24, 2.45) is 0 Å². The van der Waals surface area contributed by atoms with Crippen LogP contribution in [0.15, 0.2) is 17.3 Å². The maximum atomic E-state index is 12.2. The van der Waals surface area contributed by atoms with E-state index in [-0.39, 0.29) is 4.90 Å². The van der Waals surface area contributed by atoms with Crippen molar-refractivity contribution in [2.45, 2.75) is 43.4 Å². The van der Waals surface area contributed by atoms with E-state index in [1.807, 2.05) is 4.72 Å². The molecule has 1 atom stereocenters. The Morgan fingerprint density at radius 2 is 2.10 bits per heavy atom. The standard InChI is InChI=1S/C11H19F3N4O2S/c1-9(6-11(12,13)14)17-21(19,20)10-7-16-18(8-10)5-3-4-15-2/h7-9,15,17H,3-6H2,1-2H3. The van der Waals surface area contributed by atoms with E-state index in [1.165, 1.54) is 17.8 Å². The van der Waals surface area contributed by atoms with E-state index in [2.05, 4.69) is 10.4 Å². The maximum Gasteiger partial charge on any atom is 0.390 e. The first-order valence-corrected chi connectivity index (χ1v) is 7.88. The average Bonchev–Trinajstić information content (AvgIpc) is 2.75. The van der Waals surface area contributed by atoms with Gasteiger partial charge in [0.15, 0.2) is 0 Å². The second-order valence-corrected chi connectivity index (χ2v) is 6.45. The molecule has 6 nitrogen and oxygen atoms in total. The molecule has 0 aromatic carbocycles. The number of aromatic nitrogens is 2. The topological polar surface area (TPSA) is 76.0 Å². The number of sulfonamides is 1. The molecule has 1 heterocycles. The molecule has 1 aromatic rings. The lowest BCUT2D eigenvalue weighted by Crippen LogP contribution is -2.35. The third-order valence-electron chi connectivity index (χ3n) is 2.63. The molecule has 0 aliphatic rings. The fourth-order valence-corrected chi connectivity index (χ4v) is 2.94. The van der Waals surface area contributed by atoms with Gasteiger partial charge < -0.3 is 5.32 Å². The molecule has 122 valence electrons. The zero-order chi connectivity index (χ0) is 16.1. The Morgan fingerprint density at radius 1 is 1.43 bits per heavy atom. The zero-order valence-corrected chi connectivity index (χ0v) is 12.6. The second-order valence-electron chi connectivity index (χ2n) is 4.74. The lowest BCUT2D eigenvalue weighted by atomic mass is 10.2. The van der Waals surface area contributed by atoms with Crippen molar-refractivity contribution in [2.75, 3.05) is 13.6 Å². The molecule has 1 unspecified atom stereocenters. The molecule has 0 bridgehead atoms. The highest BCUT2D eigenvalue weighted by molar-refractivity contribution is 7.89. The van der Waals surface area contributed by atoms with Gasteiger partial charge in [-0.2, -0.15) is 18.3 Å². The third kappa shape index (κ3) is 6.44. The zero-order valence-electron chi connectivity index (χ0n) is 11.8. The summed E-state index contributed by atoms with van der Waals surface area (Å²) >= 11 is 0. The van der Waals surface area contributed by atoms with Gasteiger partial charge in [0, 0.05) is 18.8 Å².